The lowest BCUT2D eigenvalue weighted by atomic mass is 10.1. The molecule has 0 saturated carbocycles. The van der Waals surface area contributed by atoms with E-state index in [1.807, 2.05) is 51.1 Å². The number of carbonyl (C=O) groups excluding carboxylic acids is 2. The smallest absolute Gasteiger partial charge is 0.269 e. The molecule has 0 radical (unpaired) electrons. The molecule has 0 spiro atoms. The SMILES string of the molecule is CC[C@H](C(=O)NC(C)(C)C)N(Cc1ccccc1)C(=O)CN(c1ccc([N+](=O)[O-])cc1)S(=O)(=O)c1ccccc1. The number of hydrogen-bond acceptors (Lipinski definition) is 6. The van der Waals surface area contributed by atoms with Gasteiger partial charge in [0, 0.05) is 24.2 Å². The second kappa shape index (κ2) is 12.7. The largest absolute Gasteiger partial charge is 0.350 e. The highest BCUT2D eigenvalue weighted by Gasteiger charge is 2.34. The van der Waals surface area contributed by atoms with Gasteiger partial charge < -0.3 is 10.2 Å². The van der Waals surface area contributed by atoms with Crippen LogP contribution in [0.2, 0.25) is 0 Å². The van der Waals surface area contributed by atoms with Crippen molar-refractivity contribution < 1.29 is 22.9 Å². The molecule has 1 atom stereocenters. The van der Waals surface area contributed by atoms with Gasteiger partial charge in [-0.15, -0.1) is 0 Å². The van der Waals surface area contributed by atoms with Crippen molar-refractivity contribution in [3.8, 4) is 0 Å². The normalized spacial score (nSPS) is 12.3. The summed E-state index contributed by atoms with van der Waals surface area (Å²) in [4.78, 5) is 39.2. The van der Waals surface area contributed by atoms with Gasteiger partial charge >= 0.3 is 0 Å². The summed E-state index contributed by atoms with van der Waals surface area (Å²) in [5, 5.41) is 14.1. The highest BCUT2D eigenvalue weighted by Crippen LogP contribution is 2.26. The standard InChI is InChI=1S/C29H34N4O6S/c1-5-26(28(35)30-29(2,3)4)31(20-22-12-8-6-9-13-22)27(34)21-32(23-16-18-24(19-17-23)33(36)37)40(38,39)25-14-10-7-11-15-25/h6-19,26H,5,20-21H2,1-4H3,(H,30,35)/t26-/m1/s1. The summed E-state index contributed by atoms with van der Waals surface area (Å²) in [6, 6.07) is 20.8. The Hall–Kier alpha value is -4.25. The van der Waals surface area contributed by atoms with E-state index in [0.717, 1.165) is 9.87 Å². The number of amides is 2. The molecule has 0 aromatic heterocycles. The van der Waals surface area contributed by atoms with Crippen LogP contribution in [-0.4, -0.2) is 48.2 Å². The van der Waals surface area contributed by atoms with E-state index < -0.39 is 39.0 Å². The van der Waals surface area contributed by atoms with Crippen molar-refractivity contribution >= 4 is 33.2 Å². The van der Waals surface area contributed by atoms with Gasteiger partial charge in [-0.05, 0) is 57.0 Å². The maximum atomic E-state index is 14.0. The molecule has 3 aromatic carbocycles. The summed E-state index contributed by atoms with van der Waals surface area (Å²) in [5.74, 6) is -0.954. The molecule has 3 aromatic rings. The molecule has 0 bridgehead atoms. The first-order chi connectivity index (χ1) is 18.8. The van der Waals surface area contributed by atoms with Crippen molar-refractivity contribution in [2.45, 2.75) is 57.1 Å². The number of carbonyl (C=O) groups is 2. The fourth-order valence-electron chi connectivity index (χ4n) is 4.14. The molecule has 0 fully saturated rings. The fraction of sp³-hybridized carbons (Fsp3) is 0.310. The van der Waals surface area contributed by atoms with Gasteiger partial charge in [0.15, 0.2) is 0 Å². The van der Waals surface area contributed by atoms with Crippen LogP contribution in [0.4, 0.5) is 11.4 Å². The molecule has 0 aliphatic heterocycles. The molecule has 0 heterocycles. The van der Waals surface area contributed by atoms with Gasteiger partial charge in [-0.2, -0.15) is 0 Å². The van der Waals surface area contributed by atoms with E-state index in [4.69, 9.17) is 0 Å². The Labute approximate surface area is 234 Å². The van der Waals surface area contributed by atoms with Crippen molar-refractivity contribution in [3.05, 3.63) is 101 Å². The molecule has 11 heteroatoms. The summed E-state index contributed by atoms with van der Waals surface area (Å²) < 4.78 is 28.5. The van der Waals surface area contributed by atoms with Gasteiger partial charge in [0.1, 0.15) is 12.6 Å². The third-order valence-electron chi connectivity index (χ3n) is 6.04. The molecule has 212 valence electrons. The lowest BCUT2D eigenvalue weighted by Crippen LogP contribution is -2.55. The third-order valence-corrected chi connectivity index (χ3v) is 7.83. The van der Waals surface area contributed by atoms with Crippen LogP contribution in [0.25, 0.3) is 0 Å². The Balaban J connectivity index is 2.06. The van der Waals surface area contributed by atoms with E-state index in [1.54, 1.807) is 25.1 Å². The lowest BCUT2D eigenvalue weighted by molar-refractivity contribution is -0.384. The first-order valence-corrected chi connectivity index (χ1v) is 14.2. The van der Waals surface area contributed by atoms with E-state index in [1.165, 1.54) is 41.3 Å². The molecule has 10 nitrogen and oxygen atoms in total. The molecule has 0 unspecified atom stereocenters. The van der Waals surface area contributed by atoms with Crippen LogP contribution in [0, 0.1) is 10.1 Å². The highest BCUT2D eigenvalue weighted by atomic mass is 32.2. The summed E-state index contributed by atoms with van der Waals surface area (Å²) in [6.07, 6.45) is 0.295. The number of nitrogens with zero attached hydrogens (tertiary/aromatic N) is 3. The van der Waals surface area contributed by atoms with Crippen molar-refractivity contribution in [2.24, 2.45) is 0 Å². The average molecular weight is 567 g/mol. The molecule has 0 saturated heterocycles. The predicted molar refractivity (Wildman–Crippen MR) is 153 cm³/mol. The van der Waals surface area contributed by atoms with Crippen molar-refractivity contribution in [3.63, 3.8) is 0 Å². The summed E-state index contributed by atoms with van der Waals surface area (Å²) in [5.41, 5.74) is 0.0796. The molecule has 2 amide bonds. The minimum Gasteiger partial charge on any atom is -0.350 e. The second-order valence-electron chi connectivity index (χ2n) is 10.3. The van der Waals surface area contributed by atoms with Crippen LogP contribution in [0.15, 0.2) is 89.8 Å². The Morgan fingerprint density at radius 2 is 1.48 bits per heavy atom. The van der Waals surface area contributed by atoms with Crippen LogP contribution < -0.4 is 9.62 Å². The maximum absolute atomic E-state index is 14.0. The van der Waals surface area contributed by atoms with E-state index in [-0.39, 0.29) is 28.7 Å². The zero-order chi connectivity index (χ0) is 29.5. The van der Waals surface area contributed by atoms with Gasteiger partial charge in [0.25, 0.3) is 15.7 Å². The van der Waals surface area contributed by atoms with Crippen molar-refractivity contribution in [1.29, 1.82) is 0 Å². The monoisotopic (exact) mass is 566 g/mol. The van der Waals surface area contributed by atoms with Crippen molar-refractivity contribution in [2.75, 3.05) is 10.8 Å². The Morgan fingerprint density at radius 3 is 1.98 bits per heavy atom. The highest BCUT2D eigenvalue weighted by molar-refractivity contribution is 7.92. The summed E-state index contributed by atoms with van der Waals surface area (Å²) in [7, 11) is -4.25. The van der Waals surface area contributed by atoms with Crippen LogP contribution in [0.1, 0.15) is 39.7 Å². The van der Waals surface area contributed by atoms with Gasteiger partial charge in [-0.25, -0.2) is 8.42 Å². The van der Waals surface area contributed by atoms with Gasteiger partial charge in [0.05, 0.1) is 15.5 Å². The molecule has 1 N–H and O–H groups in total. The quantitative estimate of drug-likeness (QED) is 0.268. The van der Waals surface area contributed by atoms with Crippen molar-refractivity contribution in [1.82, 2.24) is 10.2 Å². The van der Waals surface area contributed by atoms with Gasteiger partial charge in [-0.1, -0.05) is 55.5 Å². The number of non-ortho nitro benzene ring substituents is 1. The molecular weight excluding hydrogens is 532 g/mol. The molecular formula is C29H34N4O6S. The number of hydrogen-bond donors (Lipinski definition) is 1. The zero-order valence-electron chi connectivity index (χ0n) is 23.0. The summed E-state index contributed by atoms with van der Waals surface area (Å²) >= 11 is 0. The van der Waals surface area contributed by atoms with Crippen LogP contribution in [-0.2, 0) is 26.2 Å². The zero-order valence-corrected chi connectivity index (χ0v) is 23.8. The first-order valence-electron chi connectivity index (χ1n) is 12.8. The Kier molecular flexibility index (Phi) is 9.65. The number of benzene rings is 3. The van der Waals surface area contributed by atoms with Crippen LogP contribution in [0.3, 0.4) is 0 Å². The number of nitrogens with one attached hydrogen (secondary N) is 1. The third kappa shape index (κ3) is 7.66. The minimum absolute atomic E-state index is 0.0479. The number of anilines is 1. The van der Waals surface area contributed by atoms with Gasteiger partial charge in [0.2, 0.25) is 11.8 Å². The number of rotatable bonds is 11. The van der Waals surface area contributed by atoms with E-state index in [0.29, 0.717) is 6.42 Å². The number of nitro benzene ring substituents is 1. The molecule has 3 rings (SSSR count). The van der Waals surface area contributed by atoms with Crippen LogP contribution >= 0.6 is 0 Å². The fourth-order valence-corrected chi connectivity index (χ4v) is 5.58. The minimum atomic E-state index is -4.25. The first kappa shape index (κ1) is 30.3. The lowest BCUT2D eigenvalue weighted by Gasteiger charge is -2.34. The topological polar surface area (TPSA) is 130 Å². The average Bonchev–Trinajstić information content (AvgIpc) is 2.91. The second-order valence-corrected chi connectivity index (χ2v) is 12.1. The number of nitro groups is 1. The van der Waals surface area contributed by atoms with E-state index >= 15 is 0 Å². The maximum Gasteiger partial charge on any atom is 0.269 e. The van der Waals surface area contributed by atoms with E-state index in [2.05, 4.69) is 5.32 Å². The molecule has 40 heavy (non-hydrogen) atoms. The van der Waals surface area contributed by atoms with Crippen LogP contribution in [0.5, 0.6) is 0 Å². The van der Waals surface area contributed by atoms with E-state index in [9.17, 15) is 28.1 Å². The molecule has 0 aliphatic carbocycles. The predicted octanol–water partition coefficient (Wildman–Crippen LogP) is 4.51. The summed E-state index contributed by atoms with van der Waals surface area (Å²) in [6.45, 7) is 6.75. The number of sulfonamides is 1. The molecule has 0 aliphatic rings. The Morgan fingerprint density at radius 1 is 0.925 bits per heavy atom. The Bertz CT molecular complexity index is 1420. The van der Waals surface area contributed by atoms with Gasteiger partial charge in [-0.3, -0.25) is 24.0 Å².